The Labute approximate surface area is 137 Å². The summed E-state index contributed by atoms with van der Waals surface area (Å²) in [6, 6.07) is 8.61. The minimum absolute atomic E-state index is 0.101. The number of nitro benzene ring substituents is 1. The van der Waals surface area contributed by atoms with Crippen LogP contribution >= 0.6 is 0 Å². The van der Waals surface area contributed by atoms with Gasteiger partial charge in [-0.25, -0.2) is 0 Å². The van der Waals surface area contributed by atoms with Gasteiger partial charge in [0.15, 0.2) is 0 Å². The maximum Gasteiger partial charge on any atom is 0.272 e. The third-order valence-electron chi connectivity index (χ3n) is 3.58. The van der Waals surface area contributed by atoms with Crippen molar-refractivity contribution in [3.05, 3.63) is 64.3 Å². The van der Waals surface area contributed by atoms with Crippen molar-refractivity contribution in [3.8, 4) is 11.4 Å². The van der Waals surface area contributed by atoms with Crippen LogP contribution in [0.5, 0.6) is 0 Å². The number of benzene rings is 1. The fourth-order valence-corrected chi connectivity index (χ4v) is 2.31. The van der Waals surface area contributed by atoms with E-state index in [2.05, 4.69) is 15.1 Å². The van der Waals surface area contributed by atoms with Crippen LogP contribution in [0.2, 0.25) is 0 Å². The first-order chi connectivity index (χ1) is 11.5. The summed E-state index contributed by atoms with van der Waals surface area (Å²) in [6.07, 6.45) is 3.34. The van der Waals surface area contributed by atoms with Crippen LogP contribution in [-0.2, 0) is 6.54 Å². The molecule has 0 aliphatic heterocycles. The Morgan fingerprint density at radius 1 is 1.33 bits per heavy atom. The predicted molar refractivity (Wildman–Crippen MR) is 87.5 cm³/mol. The molecule has 0 radical (unpaired) electrons. The van der Waals surface area contributed by atoms with Crippen LogP contribution in [0.1, 0.15) is 11.5 Å². The molecule has 3 rings (SSSR count). The van der Waals surface area contributed by atoms with Crippen molar-refractivity contribution in [3.63, 3.8) is 0 Å². The van der Waals surface area contributed by atoms with Crippen molar-refractivity contribution in [2.45, 2.75) is 13.5 Å². The van der Waals surface area contributed by atoms with E-state index in [1.807, 2.05) is 18.0 Å². The fraction of sp³-hybridized carbons (Fsp3) is 0.188. The fourth-order valence-electron chi connectivity index (χ4n) is 2.31. The van der Waals surface area contributed by atoms with Crippen LogP contribution in [0.4, 0.5) is 11.4 Å². The minimum Gasteiger partial charge on any atom is -0.365 e. The highest BCUT2D eigenvalue weighted by atomic mass is 16.6. The number of anilines is 1. The van der Waals surface area contributed by atoms with Crippen molar-refractivity contribution in [2.24, 2.45) is 0 Å². The Balaban J connectivity index is 1.76. The van der Waals surface area contributed by atoms with Crippen molar-refractivity contribution in [1.82, 2.24) is 15.1 Å². The molecule has 8 heteroatoms. The molecule has 8 nitrogen and oxygen atoms in total. The molecule has 0 N–H and O–H groups in total. The molecule has 0 unspecified atom stereocenters. The van der Waals surface area contributed by atoms with E-state index >= 15 is 0 Å². The van der Waals surface area contributed by atoms with Crippen molar-refractivity contribution >= 4 is 11.4 Å². The molecular formula is C16H15N5O3. The Morgan fingerprint density at radius 3 is 2.83 bits per heavy atom. The Morgan fingerprint density at radius 2 is 2.17 bits per heavy atom. The van der Waals surface area contributed by atoms with Crippen LogP contribution in [0.15, 0.2) is 47.2 Å². The highest BCUT2D eigenvalue weighted by Crippen LogP contribution is 2.24. The molecule has 0 atom stereocenters. The highest BCUT2D eigenvalue weighted by Gasteiger charge is 2.14. The van der Waals surface area contributed by atoms with Gasteiger partial charge in [0.2, 0.25) is 11.7 Å². The van der Waals surface area contributed by atoms with E-state index in [4.69, 9.17) is 4.52 Å². The summed E-state index contributed by atoms with van der Waals surface area (Å²) < 4.78 is 5.26. The number of hydrogen-bond acceptors (Lipinski definition) is 7. The summed E-state index contributed by atoms with van der Waals surface area (Å²) in [5.74, 6) is 0.929. The van der Waals surface area contributed by atoms with E-state index in [1.54, 1.807) is 37.5 Å². The lowest BCUT2D eigenvalue weighted by molar-refractivity contribution is -0.385. The van der Waals surface area contributed by atoms with Gasteiger partial charge in [-0.05, 0) is 31.2 Å². The molecule has 0 bridgehead atoms. The molecule has 0 aliphatic carbocycles. The van der Waals surface area contributed by atoms with Crippen LogP contribution in [0.25, 0.3) is 11.4 Å². The number of aromatic nitrogens is 3. The Bertz CT molecular complexity index is 863. The molecule has 24 heavy (non-hydrogen) atoms. The smallest absolute Gasteiger partial charge is 0.272 e. The summed E-state index contributed by atoms with van der Waals surface area (Å²) in [7, 11) is 1.86. The van der Waals surface area contributed by atoms with E-state index in [9.17, 15) is 10.1 Å². The first kappa shape index (κ1) is 15.6. The molecule has 0 saturated heterocycles. The third kappa shape index (κ3) is 3.22. The number of aryl methyl sites for hydroxylation is 1. The SMILES string of the molecule is Cc1cc(N(C)Cc2nc(-c3cccnc3)no2)ccc1[N+](=O)[O-]. The molecule has 0 amide bonds. The first-order valence-electron chi connectivity index (χ1n) is 7.24. The van der Waals surface area contributed by atoms with Gasteiger partial charge in [-0.15, -0.1) is 0 Å². The van der Waals surface area contributed by atoms with Gasteiger partial charge < -0.3 is 9.42 Å². The normalized spacial score (nSPS) is 10.6. The zero-order valence-corrected chi connectivity index (χ0v) is 13.2. The lowest BCUT2D eigenvalue weighted by Crippen LogP contribution is -2.16. The monoisotopic (exact) mass is 325 g/mol. The van der Waals surface area contributed by atoms with E-state index in [-0.39, 0.29) is 5.69 Å². The second kappa shape index (κ2) is 6.45. The van der Waals surface area contributed by atoms with Gasteiger partial charge in [0, 0.05) is 42.3 Å². The number of rotatable bonds is 5. The van der Waals surface area contributed by atoms with E-state index in [1.165, 1.54) is 6.07 Å². The predicted octanol–water partition coefficient (Wildman–Crippen LogP) is 2.98. The molecule has 0 fully saturated rings. The quantitative estimate of drug-likeness (QED) is 0.525. The largest absolute Gasteiger partial charge is 0.365 e. The second-order valence-corrected chi connectivity index (χ2v) is 5.34. The van der Waals surface area contributed by atoms with Crippen molar-refractivity contribution in [1.29, 1.82) is 0 Å². The molecule has 3 aromatic rings. The van der Waals surface area contributed by atoms with Gasteiger partial charge in [0.1, 0.15) is 0 Å². The number of hydrogen-bond donors (Lipinski definition) is 0. The summed E-state index contributed by atoms with van der Waals surface area (Å²) >= 11 is 0. The van der Waals surface area contributed by atoms with Gasteiger partial charge in [-0.3, -0.25) is 15.1 Å². The number of pyridine rings is 1. The van der Waals surface area contributed by atoms with Gasteiger partial charge in [0.25, 0.3) is 5.69 Å². The van der Waals surface area contributed by atoms with Gasteiger partial charge >= 0.3 is 0 Å². The maximum atomic E-state index is 10.9. The molecule has 2 aromatic heterocycles. The lowest BCUT2D eigenvalue weighted by Gasteiger charge is -2.17. The average Bonchev–Trinajstić information content (AvgIpc) is 3.03. The molecule has 2 heterocycles. The average molecular weight is 325 g/mol. The van der Waals surface area contributed by atoms with Crippen molar-refractivity contribution in [2.75, 3.05) is 11.9 Å². The van der Waals surface area contributed by atoms with Crippen LogP contribution in [0, 0.1) is 17.0 Å². The van der Waals surface area contributed by atoms with E-state index in [0.717, 1.165) is 11.3 Å². The van der Waals surface area contributed by atoms with E-state index in [0.29, 0.717) is 23.8 Å². The topological polar surface area (TPSA) is 98.2 Å². The van der Waals surface area contributed by atoms with Gasteiger partial charge in [-0.2, -0.15) is 4.98 Å². The van der Waals surface area contributed by atoms with E-state index < -0.39 is 4.92 Å². The minimum atomic E-state index is -0.392. The standard InChI is InChI=1S/C16H15N5O3/c1-11-8-13(5-6-14(11)21(22)23)20(2)10-15-18-16(19-24-15)12-4-3-7-17-9-12/h3-9H,10H2,1-2H3. The number of nitro groups is 1. The Hall–Kier alpha value is -3.29. The van der Waals surface area contributed by atoms with Crippen LogP contribution in [-0.4, -0.2) is 27.1 Å². The summed E-state index contributed by atoms with van der Waals surface area (Å²) in [5, 5.41) is 14.8. The first-order valence-corrected chi connectivity index (χ1v) is 7.24. The molecular weight excluding hydrogens is 310 g/mol. The zero-order valence-electron chi connectivity index (χ0n) is 13.2. The van der Waals surface area contributed by atoms with Gasteiger partial charge in [-0.1, -0.05) is 5.16 Å². The van der Waals surface area contributed by atoms with Crippen LogP contribution < -0.4 is 4.90 Å². The third-order valence-corrected chi connectivity index (χ3v) is 3.58. The summed E-state index contributed by atoms with van der Waals surface area (Å²) in [6.45, 7) is 2.10. The van der Waals surface area contributed by atoms with Crippen molar-refractivity contribution < 1.29 is 9.45 Å². The molecule has 1 aromatic carbocycles. The molecule has 122 valence electrons. The number of nitrogens with zero attached hydrogens (tertiary/aromatic N) is 5. The maximum absolute atomic E-state index is 10.9. The molecule has 0 spiro atoms. The van der Waals surface area contributed by atoms with Gasteiger partial charge in [0.05, 0.1) is 11.5 Å². The second-order valence-electron chi connectivity index (χ2n) is 5.34. The Kier molecular flexibility index (Phi) is 4.19. The molecule has 0 saturated carbocycles. The summed E-state index contributed by atoms with van der Waals surface area (Å²) in [5.41, 5.74) is 2.32. The molecule has 0 aliphatic rings. The zero-order chi connectivity index (χ0) is 17.1. The highest BCUT2D eigenvalue weighted by molar-refractivity contribution is 5.55. The lowest BCUT2D eigenvalue weighted by atomic mass is 10.1. The summed E-state index contributed by atoms with van der Waals surface area (Å²) in [4.78, 5) is 20.7. The van der Waals surface area contributed by atoms with Crippen LogP contribution in [0.3, 0.4) is 0 Å².